The Balaban J connectivity index is -0.000000451. The summed E-state index contributed by atoms with van der Waals surface area (Å²) in [5.74, 6) is 0.514. The van der Waals surface area contributed by atoms with Gasteiger partial charge in [0.1, 0.15) is 35.3 Å². The van der Waals surface area contributed by atoms with Crippen molar-refractivity contribution in [2.75, 3.05) is 145 Å². The second-order valence-corrected chi connectivity index (χ2v) is 17.9. The van der Waals surface area contributed by atoms with Gasteiger partial charge in [0.05, 0.1) is 126 Å². The fourth-order valence-electron chi connectivity index (χ4n) is 3.66. The molecule has 0 aliphatic heterocycles. The van der Waals surface area contributed by atoms with Gasteiger partial charge >= 0.3 is 24.4 Å². The molecule has 0 aromatic rings. The number of carbonyl (C=O) groups excluding carboxylic acids is 5. The molecule has 24 nitrogen and oxygen atoms in total. The Morgan fingerprint density at radius 1 is 0.400 bits per heavy atom. The zero-order chi connectivity index (χ0) is 54.3. The van der Waals surface area contributed by atoms with Crippen LogP contribution in [0.15, 0.2) is 0 Å². The maximum Gasteiger partial charge on any atom is 0.444 e. The molecule has 25 heteroatoms. The molecule has 0 rings (SSSR count). The van der Waals surface area contributed by atoms with E-state index in [0.29, 0.717) is 81.8 Å². The topological polar surface area (TPSA) is 282 Å². The number of aliphatic hydroxyl groups excluding tert-OH is 3. The van der Waals surface area contributed by atoms with Gasteiger partial charge in [-0.15, -0.1) is 11.6 Å². The molecule has 0 radical (unpaired) electrons. The van der Waals surface area contributed by atoms with E-state index in [-0.39, 0.29) is 72.7 Å². The number of halogens is 1. The van der Waals surface area contributed by atoms with Crippen LogP contribution in [0.5, 0.6) is 0 Å². The highest BCUT2D eigenvalue weighted by atomic mass is 35.5. The van der Waals surface area contributed by atoms with Gasteiger partial charge in [0.2, 0.25) is 0 Å². The van der Waals surface area contributed by atoms with Crippen LogP contribution in [0.4, 0.5) is 19.2 Å². The summed E-state index contributed by atoms with van der Waals surface area (Å²) < 4.78 is 60.8. The molecule has 70 heavy (non-hydrogen) atoms. The minimum absolute atomic E-state index is 0.00489. The summed E-state index contributed by atoms with van der Waals surface area (Å²) in [5.41, 5.74) is -3.18. The van der Waals surface area contributed by atoms with Crippen molar-refractivity contribution in [3.8, 4) is 0 Å². The summed E-state index contributed by atoms with van der Waals surface area (Å²) in [6.07, 6.45) is -2.20. The fraction of sp³-hybridized carbons (Fsp3) is 0.889. The maximum absolute atomic E-state index is 12.1. The number of nitrogens with zero attached hydrogens (tertiary/aromatic N) is 2. The largest absolute Gasteiger partial charge is 0.444 e. The Kier molecular flexibility index (Phi) is 49.3. The number of hydrogen-bond donors (Lipinski definition) is 3. The number of ether oxygens (including phenoxy) is 12. The average molecular weight is 1050 g/mol. The van der Waals surface area contributed by atoms with E-state index >= 15 is 0 Å². The molecule has 0 saturated heterocycles. The van der Waals surface area contributed by atoms with E-state index in [1.165, 1.54) is 0 Å². The van der Waals surface area contributed by atoms with Gasteiger partial charge in [-0.1, -0.05) is 17.1 Å². The standard InChI is InChI=1S/C16H31NO8.C16H29NO8.C7H16O3.C6H13ClO3/c2*1-15(2,3)24-13(19)17(14(20)25-16(4,5)6)23-12-11-22-10-9-21-8-7-18;1-2-4-9-6-7-10-5-3-8;7-1-3-9-5-6-10-4-2-8/h18H,7-12H2,1-6H3;7H,8-12H2,1-6H3;8H,2-7H2,1H3;8H,1-6H2. The lowest BCUT2D eigenvalue weighted by molar-refractivity contribution is -0.148. The van der Waals surface area contributed by atoms with E-state index in [2.05, 4.69) is 6.92 Å². The van der Waals surface area contributed by atoms with Gasteiger partial charge in [0.15, 0.2) is 0 Å². The normalized spacial score (nSPS) is 11.4. The van der Waals surface area contributed by atoms with Crippen LogP contribution in [0, 0.1) is 0 Å². The highest BCUT2D eigenvalue weighted by Gasteiger charge is 2.34. The van der Waals surface area contributed by atoms with Crippen LogP contribution in [-0.2, 0) is 71.3 Å². The van der Waals surface area contributed by atoms with Gasteiger partial charge in [0, 0.05) is 12.5 Å². The van der Waals surface area contributed by atoms with Gasteiger partial charge < -0.3 is 77.0 Å². The van der Waals surface area contributed by atoms with Crippen molar-refractivity contribution in [2.45, 2.75) is 119 Å². The van der Waals surface area contributed by atoms with Crippen molar-refractivity contribution < 1.29 is 106 Å². The molecule has 0 atom stereocenters. The zero-order valence-electron chi connectivity index (χ0n) is 44.2. The van der Waals surface area contributed by atoms with E-state index < -0.39 is 46.8 Å². The highest BCUT2D eigenvalue weighted by molar-refractivity contribution is 6.17. The molecule has 0 aliphatic carbocycles. The summed E-state index contributed by atoms with van der Waals surface area (Å²) in [6, 6.07) is 0. The summed E-state index contributed by atoms with van der Waals surface area (Å²) in [7, 11) is 0. The third-order valence-corrected chi connectivity index (χ3v) is 6.24. The van der Waals surface area contributed by atoms with Crippen LogP contribution in [0.25, 0.3) is 0 Å². The predicted molar refractivity (Wildman–Crippen MR) is 255 cm³/mol. The highest BCUT2D eigenvalue weighted by Crippen LogP contribution is 2.16. The van der Waals surface area contributed by atoms with Gasteiger partial charge in [0.25, 0.3) is 0 Å². The number of imide groups is 2. The Bertz CT molecular complexity index is 1170. The smallest absolute Gasteiger partial charge is 0.442 e. The minimum atomic E-state index is -0.976. The molecule has 0 bridgehead atoms. The first-order valence-corrected chi connectivity index (χ1v) is 23.5. The monoisotopic (exact) mass is 1040 g/mol. The molecule has 0 unspecified atom stereocenters. The number of aldehydes is 1. The molecule has 0 aliphatic rings. The van der Waals surface area contributed by atoms with Crippen LogP contribution in [0.3, 0.4) is 0 Å². The molecule has 0 aromatic carbocycles. The van der Waals surface area contributed by atoms with Crippen molar-refractivity contribution in [3.63, 3.8) is 0 Å². The van der Waals surface area contributed by atoms with Crippen LogP contribution in [-0.4, -0.2) is 223 Å². The number of rotatable bonds is 32. The number of hydrogen-bond acceptors (Lipinski definition) is 22. The molecule has 418 valence electrons. The quantitative estimate of drug-likeness (QED) is 0.0259. The first kappa shape index (κ1) is 73.5. The van der Waals surface area contributed by atoms with Gasteiger partial charge in [-0.05, 0) is 89.5 Å². The molecule has 0 heterocycles. The summed E-state index contributed by atoms with van der Waals surface area (Å²) in [4.78, 5) is 68.8. The fourth-order valence-corrected chi connectivity index (χ4v) is 3.77. The Labute approximate surface area is 420 Å². The average Bonchev–Trinajstić information content (AvgIpc) is 3.23. The van der Waals surface area contributed by atoms with Gasteiger partial charge in [-0.3, -0.25) is 9.68 Å². The van der Waals surface area contributed by atoms with Crippen molar-refractivity contribution in [2.24, 2.45) is 0 Å². The molecule has 4 amide bonds. The van der Waals surface area contributed by atoms with Crippen LogP contribution < -0.4 is 0 Å². The van der Waals surface area contributed by atoms with Crippen molar-refractivity contribution in [3.05, 3.63) is 0 Å². The maximum atomic E-state index is 12.1. The second-order valence-electron chi connectivity index (χ2n) is 17.6. The van der Waals surface area contributed by atoms with Gasteiger partial charge in [-0.25, -0.2) is 19.2 Å². The number of aliphatic hydroxyl groups is 3. The lowest BCUT2D eigenvalue weighted by atomic mass is 10.2. The van der Waals surface area contributed by atoms with Gasteiger partial charge in [-0.2, -0.15) is 0 Å². The Hall–Kier alpha value is -3.08. The van der Waals surface area contributed by atoms with Crippen LogP contribution in [0.2, 0.25) is 0 Å². The van der Waals surface area contributed by atoms with Crippen LogP contribution >= 0.6 is 11.6 Å². The van der Waals surface area contributed by atoms with E-state index in [0.717, 1.165) is 13.0 Å². The minimum Gasteiger partial charge on any atom is -0.442 e. The Morgan fingerprint density at radius 3 is 0.886 bits per heavy atom. The van der Waals surface area contributed by atoms with Crippen molar-refractivity contribution >= 4 is 42.3 Å². The van der Waals surface area contributed by atoms with E-state index in [9.17, 15) is 24.0 Å². The molecule has 3 N–H and O–H groups in total. The number of alkyl halides is 1. The zero-order valence-corrected chi connectivity index (χ0v) is 45.0. The van der Waals surface area contributed by atoms with Crippen molar-refractivity contribution in [1.82, 2.24) is 10.1 Å². The number of amides is 4. The second kappa shape index (κ2) is 47.0. The Morgan fingerprint density at radius 2 is 0.643 bits per heavy atom. The lowest BCUT2D eigenvalue weighted by Gasteiger charge is -2.27. The number of hydroxylamine groups is 4. The summed E-state index contributed by atoms with van der Waals surface area (Å²) >= 11 is 5.34. The predicted octanol–water partition coefficient (Wildman–Crippen LogP) is 5.11. The summed E-state index contributed by atoms with van der Waals surface area (Å²) in [5, 5.41) is 26.0. The molecule has 0 saturated carbocycles. The number of carbonyl (C=O) groups is 5. The van der Waals surface area contributed by atoms with Crippen LogP contribution in [0.1, 0.15) is 96.4 Å². The summed E-state index contributed by atoms with van der Waals surface area (Å²) in [6.45, 7) is 28.1. The first-order valence-electron chi connectivity index (χ1n) is 23.0. The molecular weight excluding hydrogens is 956 g/mol. The molecule has 0 aromatic heterocycles. The van der Waals surface area contributed by atoms with E-state index in [1.807, 2.05) is 0 Å². The third-order valence-electron chi connectivity index (χ3n) is 6.08. The van der Waals surface area contributed by atoms with Crippen molar-refractivity contribution in [1.29, 1.82) is 0 Å². The van der Waals surface area contributed by atoms with E-state index in [4.69, 9.17) is 93.4 Å². The third kappa shape index (κ3) is 59.2. The molecular formula is C45H89ClN2O22. The lowest BCUT2D eigenvalue weighted by Crippen LogP contribution is -2.44. The molecule has 0 fully saturated rings. The molecule has 0 spiro atoms. The first-order chi connectivity index (χ1) is 32.7. The SMILES string of the molecule is CC(C)(C)OC(=O)N(OCCOCCOCC=O)C(=O)OC(C)(C)C.CC(C)(C)OC(=O)N(OCCOCCOCCO)C(=O)OC(C)(C)C.CCCOCCOCCO.OCCOCCOCCCl. The van der Waals surface area contributed by atoms with E-state index in [1.54, 1.807) is 83.1 Å².